The second-order valence-corrected chi connectivity index (χ2v) is 8.81. The molecule has 0 atom stereocenters. The zero-order valence-electron chi connectivity index (χ0n) is 15.0. The summed E-state index contributed by atoms with van der Waals surface area (Å²) in [5, 5.41) is 2.87. The minimum Gasteiger partial charge on any atom is -0.383 e. The summed E-state index contributed by atoms with van der Waals surface area (Å²) >= 11 is 3.32. The molecule has 2 rings (SSSR count). The van der Waals surface area contributed by atoms with Gasteiger partial charge in [0.05, 0.1) is 17.1 Å². The summed E-state index contributed by atoms with van der Waals surface area (Å²) in [4.78, 5) is 14.8. The van der Waals surface area contributed by atoms with E-state index in [0.717, 1.165) is 19.6 Å². The number of piperidine rings is 1. The van der Waals surface area contributed by atoms with E-state index < -0.39 is 10.0 Å². The number of likely N-dealkylation sites (tertiary alicyclic amines) is 1. The fraction of sp³-hybridized carbons (Fsp3) is 0.588. The molecule has 0 aliphatic carbocycles. The Kier molecular flexibility index (Phi) is 8.49. The smallest absolute Gasteiger partial charge is 0.252 e. The molecule has 1 heterocycles. The van der Waals surface area contributed by atoms with Crippen molar-refractivity contribution in [2.24, 2.45) is 0 Å². The highest BCUT2D eigenvalue weighted by Crippen LogP contribution is 2.21. The van der Waals surface area contributed by atoms with E-state index in [2.05, 4.69) is 30.9 Å². The molecule has 1 aliphatic rings. The predicted molar refractivity (Wildman–Crippen MR) is 104 cm³/mol. The number of hydrogen-bond donors (Lipinski definition) is 2. The molecule has 0 bridgehead atoms. The first-order chi connectivity index (χ1) is 12.4. The van der Waals surface area contributed by atoms with Crippen LogP contribution in [0.4, 0.5) is 0 Å². The number of benzene rings is 1. The van der Waals surface area contributed by atoms with Crippen LogP contribution < -0.4 is 10.0 Å². The van der Waals surface area contributed by atoms with Gasteiger partial charge in [-0.1, -0.05) is 6.42 Å². The number of ether oxygens (including phenoxy) is 1. The Hall–Kier alpha value is -1.00. The van der Waals surface area contributed by atoms with Crippen LogP contribution in [0, 0.1) is 0 Å². The van der Waals surface area contributed by atoms with Gasteiger partial charge in [-0.3, -0.25) is 4.79 Å². The monoisotopic (exact) mass is 447 g/mol. The number of nitrogens with one attached hydrogen (secondary N) is 2. The Labute approximate surface area is 163 Å². The average molecular weight is 448 g/mol. The van der Waals surface area contributed by atoms with E-state index >= 15 is 0 Å². The molecular formula is C17H26BrN3O4S. The van der Waals surface area contributed by atoms with Crippen LogP contribution in [0.3, 0.4) is 0 Å². The highest BCUT2D eigenvalue weighted by atomic mass is 79.9. The lowest BCUT2D eigenvalue weighted by Gasteiger charge is -2.26. The van der Waals surface area contributed by atoms with Crippen molar-refractivity contribution in [2.45, 2.75) is 24.2 Å². The molecule has 2 N–H and O–H groups in total. The number of halogens is 1. The van der Waals surface area contributed by atoms with Crippen molar-refractivity contribution in [3.05, 3.63) is 28.2 Å². The molecule has 0 aromatic heterocycles. The Morgan fingerprint density at radius 1 is 1.23 bits per heavy atom. The molecule has 0 saturated carbocycles. The minimum absolute atomic E-state index is 0.0537. The van der Waals surface area contributed by atoms with Crippen LogP contribution in [0.15, 0.2) is 27.6 Å². The van der Waals surface area contributed by atoms with Gasteiger partial charge in [0.2, 0.25) is 10.0 Å². The van der Waals surface area contributed by atoms with Gasteiger partial charge >= 0.3 is 0 Å². The predicted octanol–water partition coefficient (Wildman–Crippen LogP) is 1.59. The molecular weight excluding hydrogens is 422 g/mol. The first-order valence-electron chi connectivity index (χ1n) is 8.73. The van der Waals surface area contributed by atoms with Crippen LogP contribution in [0.5, 0.6) is 0 Å². The van der Waals surface area contributed by atoms with Gasteiger partial charge in [0.1, 0.15) is 0 Å². The lowest BCUT2D eigenvalue weighted by molar-refractivity contribution is 0.0945. The molecule has 1 saturated heterocycles. The van der Waals surface area contributed by atoms with Crippen LogP contribution in [0.2, 0.25) is 0 Å². The van der Waals surface area contributed by atoms with Gasteiger partial charge < -0.3 is 15.0 Å². The quantitative estimate of drug-likeness (QED) is 0.561. The standard InChI is InChI=1S/C17H26BrN3O4S/c1-25-12-8-20-26(23,24)14-5-6-16(18)15(13-14)17(22)19-7-11-21-9-3-2-4-10-21/h5-6,13,20H,2-4,7-12H2,1H3,(H,19,22). The van der Waals surface area contributed by atoms with E-state index in [9.17, 15) is 13.2 Å². The van der Waals surface area contributed by atoms with Gasteiger partial charge in [-0.05, 0) is 60.1 Å². The van der Waals surface area contributed by atoms with Gasteiger partial charge in [0, 0.05) is 31.2 Å². The zero-order valence-corrected chi connectivity index (χ0v) is 17.4. The Morgan fingerprint density at radius 3 is 2.65 bits per heavy atom. The van der Waals surface area contributed by atoms with E-state index in [4.69, 9.17) is 4.74 Å². The lowest BCUT2D eigenvalue weighted by Crippen LogP contribution is -2.37. The maximum atomic E-state index is 12.5. The number of carbonyl (C=O) groups is 1. The SMILES string of the molecule is COCCNS(=O)(=O)c1ccc(Br)c(C(=O)NCCN2CCCCC2)c1. The summed E-state index contributed by atoms with van der Waals surface area (Å²) in [7, 11) is -2.18. The van der Waals surface area contributed by atoms with Crippen molar-refractivity contribution in [3.8, 4) is 0 Å². The molecule has 0 radical (unpaired) electrons. The van der Waals surface area contributed by atoms with Crippen LogP contribution in [0.25, 0.3) is 0 Å². The molecule has 0 unspecified atom stereocenters. The van der Waals surface area contributed by atoms with Crippen molar-refractivity contribution in [1.29, 1.82) is 0 Å². The molecule has 0 spiro atoms. The molecule has 1 aromatic rings. The number of sulfonamides is 1. The number of amides is 1. The summed E-state index contributed by atoms with van der Waals surface area (Å²) in [5.74, 6) is -0.289. The van der Waals surface area contributed by atoms with Crippen molar-refractivity contribution in [2.75, 3.05) is 46.4 Å². The van der Waals surface area contributed by atoms with E-state index in [1.807, 2.05) is 0 Å². The summed E-state index contributed by atoms with van der Waals surface area (Å²) in [6.07, 6.45) is 3.68. The number of rotatable bonds is 9. The van der Waals surface area contributed by atoms with Crippen LogP contribution in [-0.2, 0) is 14.8 Å². The summed E-state index contributed by atoms with van der Waals surface area (Å²) in [6, 6.07) is 4.42. The highest BCUT2D eigenvalue weighted by Gasteiger charge is 2.18. The van der Waals surface area contributed by atoms with Crippen molar-refractivity contribution >= 4 is 31.9 Å². The van der Waals surface area contributed by atoms with E-state index in [1.54, 1.807) is 6.07 Å². The molecule has 1 amide bonds. The van der Waals surface area contributed by atoms with Gasteiger partial charge in [0.15, 0.2) is 0 Å². The normalized spacial score (nSPS) is 15.8. The van der Waals surface area contributed by atoms with Gasteiger partial charge in [-0.25, -0.2) is 13.1 Å². The fourth-order valence-electron chi connectivity index (χ4n) is 2.81. The van der Waals surface area contributed by atoms with Gasteiger partial charge in [0.25, 0.3) is 5.91 Å². The summed E-state index contributed by atoms with van der Waals surface area (Å²) in [5.41, 5.74) is 0.304. The molecule has 7 nitrogen and oxygen atoms in total. The molecule has 1 aliphatic heterocycles. The summed E-state index contributed by atoms with van der Waals surface area (Å²) < 4.78 is 32.4. The Bertz CT molecular complexity index is 706. The fourth-order valence-corrected chi connectivity index (χ4v) is 4.28. The highest BCUT2D eigenvalue weighted by molar-refractivity contribution is 9.10. The summed E-state index contributed by atoms with van der Waals surface area (Å²) in [6.45, 7) is 3.93. The topological polar surface area (TPSA) is 87.7 Å². The van der Waals surface area contributed by atoms with Crippen LogP contribution in [-0.4, -0.2) is 65.7 Å². The van der Waals surface area contributed by atoms with Crippen molar-refractivity contribution in [1.82, 2.24) is 14.9 Å². The molecule has 1 aromatic carbocycles. The first-order valence-corrected chi connectivity index (χ1v) is 11.0. The molecule has 26 heavy (non-hydrogen) atoms. The Morgan fingerprint density at radius 2 is 1.96 bits per heavy atom. The van der Waals surface area contributed by atoms with Gasteiger partial charge in [-0.15, -0.1) is 0 Å². The lowest BCUT2D eigenvalue weighted by atomic mass is 10.1. The first kappa shape index (κ1) is 21.3. The molecule has 9 heteroatoms. The third-order valence-corrected chi connectivity index (χ3v) is 6.40. The van der Waals surface area contributed by atoms with E-state index in [-0.39, 0.29) is 24.0 Å². The third kappa shape index (κ3) is 6.31. The minimum atomic E-state index is -3.68. The number of nitrogens with zero attached hydrogens (tertiary/aromatic N) is 1. The maximum absolute atomic E-state index is 12.5. The van der Waals surface area contributed by atoms with Crippen LogP contribution in [0.1, 0.15) is 29.6 Å². The average Bonchev–Trinajstić information content (AvgIpc) is 2.63. The molecule has 146 valence electrons. The third-order valence-electron chi connectivity index (χ3n) is 4.25. The molecule has 1 fully saturated rings. The van der Waals surface area contributed by atoms with E-state index in [1.165, 1.54) is 38.5 Å². The van der Waals surface area contributed by atoms with Crippen molar-refractivity contribution < 1.29 is 17.9 Å². The number of carbonyl (C=O) groups excluding carboxylic acids is 1. The maximum Gasteiger partial charge on any atom is 0.252 e. The largest absolute Gasteiger partial charge is 0.383 e. The zero-order chi connectivity index (χ0) is 19.0. The second kappa shape index (κ2) is 10.4. The van der Waals surface area contributed by atoms with Gasteiger partial charge in [-0.2, -0.15) is 0 Å². The Balaban J connectivity index is 1.97. The van der Waals surface area contributed by atoms with Crippen molar-refractivity contribution in [3.63, 3.8) is 0 Å². The van der Waals surface area contributed by atoms with Crippen LogP contribution >= 0.6 is 15.9 Å². The number of hydrogen-bond acceptors (Lipinski definition) is 5. The number of methoxy groups -OCH3 is 1. The second-order valence-electron chi connectivity index (χ2n) is 6.19. The van der Waals surface area contributed by atoms with E-state index in [0.29, 0.717) is 16.6 Å².